The Balaban J connectivity index is 2.61. The standard InChI is InChI=1S/C12H22N2O3S/c1-7(2)10(11(15)16)13-12(17)14-5-8(3)18-9(4)6-14/h7-10H,5-6H2,1-4H3,(H,13,17)(H,15,16)/t8?,9?,10-/m0/s1. The van der Waals surface area contributed by atoms with Crippen LogP contribution in [0.2, 0.25) is 0 Å². The van der Waals surface area contributed by atoms with Crippen LogP contribution in [0.1, 0.15) is 27.7 Å². The van der Waals surface area contributed by atoms with Crippen molar-refractivity contribution in [2.45, 2.75) is 44.2 Å². The van der Waals surface area contributed by atoms with Gasteiger partial charge in [0.1, 0.15) is 6.04 Å². The molecule has 5 nitrogen and oxygen atoms in total. The molecule has 1 heterocycles. The summed E-state index contributed by atoms with van der Waals surface area (Å²) in [6, 6.07) is -1.09. The van der Waals surface area contributed by atoms with Crippen LogP contribution in [0.15, 0.2) is 0 Å². The number of hydrogen-bond acceptors (Lipinski definition) is 3. The number of hydrogen-bond donors (Lipinski definition) is 2. The van der Waals surface area contributed by atoms with E-state index in [1.807, 2.05) is 11.8 Å². The first-order chi connectivity index (χ1) is 8.31. The van der Waals surface area contributed by atoms with Gasteiger partial charge in [0.15, 0.2) is 0 Å². The normalized spacial score (nSPS) is 25.9. The number of aliphatic carboxylic acids is 1. The number of nitrogens with zero attached hydrogens (tertiary/aromatic N) is 1. The molecule has 1 rings (SSSR count). The molecular weight excluding hydrogens is 252 g/mol. The summed E-state index contributed by atoms with van der Waals surface area (Å²) in [6.45, 7) is 9.08. The van der Waals surface area contributed by atoms with Gasteiger partial charge in [-0.05, 0) is 5.92 Å². The third kappa shape index (κ3) is 4.08. The lowest BCUT2D eigenvalue weighted by molar-refractivity contribution is -0.140. The van der Waals surface area contributed by atoms with Crippen LogP contribution in [0.4, 0.5) is 4.79 Å². The fourth-order valence-corrected chi connectivity index (χ4v) is 3.41. The van der Waals surface area contributed by atoms with Gasteiger partial charge in [-0.1, -0.05) is 27.7 Å². The number of thioether (sulfide) groups is 1. The van der Waals surface area contributed by atoms with Crippen molar-refractivity contribution < 1.29 is 14.7 Å². The molecule has 2 amide bonds. The summed E-state index contributed by atoms with van der Waals surface area (Å²) in [7, 11) is 0. The predicted molar refractivity (Wildman–Crippen MR) is 72.9 cm³/mol. The van der Waals surface area contributed by atoms with Gasteiger partial charge in [-0.3, -0.25) is 0 Å². The Hall–Kier alpha value is -0.910. The second-order valence-electron chi connectivity index (χ2n) is 5.17. The quantitative estimate of drug-likeness (QED) is 0.820. The molecule has 104 valence electrons. The van der Waals surface area contributed by atoms with Gasteiger partial charge in [-0.25, -0.2) is 9.59 Å². The summed E-state index contributed by atoms with van der Waals surface area (Å²) >= 11 is 1.86. The Morgan fingerprint density at radius 2 is 1.78 bits per heavy atom. The van der Waals surface area contributed by atoms with E-state index >= 15 is 0 Å². The monoisotopic (exact) mass is 274 g/mol. The fraction of sp³-hybridized carbons (Fsp3) is 0.833. The highest BCUT2D eigenvalue weighted by molar-refractivity contribution is 8.00. The summed E-state index contributed by atoms with van der Waals surface area (Å²) < 4.78 is 0. The molecule has 0 aliphatic carbocycles. The Morgan fingerprint density at radius 1 is 1.28 bits per heavy atom. The van der Waals surface area contributed by atoms with Crippen LogP contribution in [-0.2, 0) is 4.79 Å². The minimum atomic E-state index is -0.981. The van der Waals surface area contributed by atoms with E-state index in [1.165, 1.54) is 0 Å². The van der Waals surface area contributed by atoms with E-state index in [4.69, 9.17) is 5.11 Å². The molecule has 2 unspecified atom stereocenters. The average molecular weight is 274 g/mol. The van der Waals surface area contributed by atoms with Crippen molar-refractivity contribution in [2.75, 3.05) is 13.1 Å². The molecule has 0 aromatic heterocycles. The smallest absolute Gasteiger partial charge is 0.326 e. The second kappa shape index (κ2) is 6.31. The maximum Gasteiger partial charge on any atom is 0.326 e. The minimum Gasteiger partial charge on any atom is -0.480 e. The van der Waals surface area contributed by atoms with Crippen molar-refractivity contribution in [2.24, 2.45) is 5.92 Å². The SMILES string of the molecule is CC1CN(C(=O)N[C@H](C(=O)O)C(C)C)CC(C)S1. The largest absolute Gasteiger partial charge is 0.480 e. The molecule has 6 heteroatoms. The topological polar surface area (TPSA) is 69.6 Å². The summed E-state index contributed by atoms with van der Waals surface area (Å²) in [5.41, 5.74) is 0. The molecule has 1 aliphatic heterocycles. The lowest BCUT2D eigenvalue weighted by atomic mass is 10.1. The first kappa shape index (κ1) is 15.1. The maximum absolute atomic E-state index is 12.1. The van der Waals surface area contributed by atoms with E-state index in [2.05, 4.69) is 19.2 Å². The lowest BCUT2D eigenvalue weighted by Crippen LogP contribution is -2.54. The van der Waals surface area contributed by atoms with Gasteiger partial charge in [0.25, 0.3) is 0 Å². The van der Waals surface area contributed by atoms with Gasteiger partial charge in [-0.2, -0.15) is 11.8 Å². The van der Waals surface area contributed by atoms with E-state index in [-0.39, 0.29) is 11.9 Å². The Labute approximate surface area is 112 Å². The van der Waals surface area contributed by atoms with E-state index in [9.17, 15) is 9.59 Å². The van der Waals surface area contributed by atoms with Crippen molar-refractivity contribution in [3.63, 3.8) is 0 Å². The third-order valence-electron chi connectivity index (χ3n) is 2.92. The molecule has 0 spiro atoms. The van der Waals surface area contributed by atoms with Crippen LogP contribution in [0.25, 0.3) is 0 Å². The lowest BCUT2D eigenvalue weighted by Gasteiger charge is -2.35. The number of nitrogens with one attached hydrogen (secondary N) is 1. The molecule has 0 radical (unpaired) electrons. The van der Waals surface area contributed by atoms with Gasteiger partial charge >= 0.3 is 12.0 Å². The van der Waals surface area contributed by atoms with Crippen molar-refractivity contribution in [3.05, 3.63) is 0 Å². The molecule has 0 aromatic rings. The number of rotatable bonds is 3. The molecule has 0 bridgehead atoms. The fourth-order valence-electron chi connectivity index (χ4n) is 2.08. The van der Waals surface area contributed by atoms with Crippen LogP contribution in [-0.4, -0.2) is 51.6 Å². The highest BCUT2D eigenvalue weighted by Crippen LogP contribution is 2.24. The van der Waals surface area contributed by atoms with E-state index in [0.717, 1.165) is 0 Å². The van der Waals surface area contributed by atoms with Crippen molar-refractivity contribution in [1.82, 2.24) is 10.2 Å². The zero-order valence-corrected chi connectivity index (χ0v) is 12.2. The molecular formula is C12H22N2O3S. The van der Waals surface area contributed by atoms with Crippen LogP contribution in [0, 0.1) is 5.92 Å². The van der Waals surface area contributed by atoms with E-state index in [0.29, 0.717) is 23.6 Å². The van der Waals surface area contributed by atoms with Gasteiger partial charge in [0.05, 0.1) is 0 Å². The zero-order valence-electron chi connectivity index (χ0n) is 11.3. The maximum atomic E-state index is 12.1. The Bertz CT molecular complexity index is 312. The summed E-state index contributed by atoms with van der Waals surface area (Å²) in [4.78, 5) is 24.8. The Kier molecular flexibility index (Phi) is 5.31. The van der Waals surface area contributed by atoms with Crippen molar-refractivity contribution >= 4 is 23.8 Å². The first-order valence-electron chi connectivity index (χ1n) is 6.25. The molecule has 0 aromatic carbocycles. The van der Waals surface area contributed by atoms with Crippen LogP contribution in [0.3, 0.4) is 0 Å². The number of carboxylic acid groups (broad SMARTS) is 1. The van der Waals surface area contributed by atoms with Crippen LogP contribution in [0.5, 0.6) is 0 Å². The third-order valence-corrected chi connectivity index (χ3v) is 4.15. The van der Waals surface area contributed by atoms with Gasteiger partial charge in [-0.15, -0.1) is 0 Å². The minimum absolute atomic E-state index is 0.125. The molecule has 1 fully saturated rings. The van der Waals surface area contributed by atoms with Crippen molar-refractivity contribution in [3.8, 4) is 0 Å². The molecule has 2 N–H and O–H groups in total. The second-order valence-corrected chi connectivity index (χ2v) is 7.05. The van der Waals surface area contributed by atoms with Gasteiger partial charge < -0.3 is 15.3 Å². The highest BCUT2D eigenvalue weighted by Gasteiger charge is 2.29. The van der Waals surface area contributed by atoms with E-state index < -0.39 is 12.0 Å². The zero-order chi connectivity index (χ0) is 13.9. The number of carboxylic acids is 1. The molecule has 18 heavy (non-hydrogen) atoms. The van der Waals surface area contributed by atoms with Crippen LogP contribution >= 0.6 is 11.8 Å². The molecule has 1 saturated heterocycles. The van der Waals surface area contributed by atoms with Gasteiger partial charge in [0.2, 0.25) is 0 Å². The highest BCUT2D eigenvalue weighted by atomic mass is 32.2. The number of urea groups is 1. The summed E-state index contributed by atoms with van der Waals surface area (Å²) in [5, 5.41) is 12.4. The predicted octanol–water partition coefficient (Wildman–Crippen LogP) is 1.63. The van der Waals surface area contributed by atoms with Crippen molar-refractivity contribution in [1.29, 1.82) is 0 Å². The van der Waals surface area contributed by atoms with Crippen LogP contribution < -0.4 is 5.32 Å². The number of carbonyl (C=O) groups is 2. The number of carbonyl (C=O) groups excluding carboxylic acids is 1. The average Bonchev–Trinajstić information content (AvgIpc) is 2.23. The molecule has 0 saturated carbocycles. The number of amides is 2. The first-order valence-corrected chi connectivity index (χ1v) is 7.19. The summed E-state index contributed by atoms with van der Waals surface area (Å²) in [6.07, 6.45) is 0. The van der Waals surface area contributed by atoms with E-state index in [1.54, 1.807) is 18.7 Å². The van der Waals surface area contributed by atoms with Gasteiger partial charge in [0, 0.05) is 23.6 Å². The molecule has 1 aliphatic rings. The Morgan fingerprint density at radius 3 is 2.17 bits per heavy atom. The molecule has 3 atom stereocenters. The summed E-state index contributed by atoms with van der Waals surface area (Å²) in [5.74, 6) is -1.11.